The Morgan fingerprint density at radius 3 is 2.42 bits per heavy atom. The highest BCUT2D eigenvalue weighted by molar-refractivity contribution is 9.10. The van der Waals surface area contributed by atoms with Crippen LogP contribution in [0.15, 0.2) is 16.6 Å². The van der Waals surface area contributed by atoms with Crippen LogP contribution in [0, 0.1) is 5.92 Å². The van der Waals surface area contributed by atoms with E-state index in [1.54, 1.807) is 0 Å². The largest absolute Gasteiger partial charge is 0.503 e. The van der Waals surface area contributed by atoms with E-state index in [1.807, 2.05) is 19.1 Å². The molecule has 1 aliphatic rings. The zero-order valence-corrected chi connectivity index (χ0v) is 17.8. The molecule has 0 aromatic heterocycles. The Morgan fingerprint density at radius 2 is 1.88 bits per heavy atom. The first kappa shape index (κ1) is 23.8. The Kier molecular flexibility index (Phi) is 11.3. The van der Waals surface area contributed by atoms with Crippen LogP contribution in [0.1, 0.15) is 38.8 Å². The molecule has 0 saturated carbocycles. The maximum atomic E-state index is 10.1. The third kappa shape index (κ3) is 5.67. The van der Waals surface area contributed by atoms with Gasteiger partial charge in [-0.05, 0) is 46.5 Å². The predicted molar refractivity (Wildman–Crippen MR) is 108 cm³/mol. The number of nitrogens with zero attached hydrogens (tertiary/aromatic N) is 1. The highest BCUT2D eigenvalue weighted by atomic mass is 79.9. The molecule has 140 valence electrons. The predicted octanol–water partition coefficient (Wildman–Crippen LogP) is 4.39. The van der Waals surface area contributed by atoms with Crippen LogP contribution in [0.5, 0.6) is 11.5 Å². The molecular weight excluding hydrogens is 415 g/mol. The van der Waals surface area contributed by atoms with Gasteiger partial charge in [-0.15, -0.1) is 24.8 Å². The van der Waals surface area contributed by atoms with Crippen molar-refractivity contribution in [2.45, 2.75) is 33.2 Å². The van der Waals surface area contributed by atoms with Crippen molar-refractivity contribution in [3.8, 4) is 11.5 Å². The van der Waals surface area contributed by atoms with E-state index in [9.17, 15) is 5.11 Å². The Balaban J connectivity index is 0.00000264. The summed E-state index contributed by atoms with van der Waals surface area (Å²) in [4.78, 5) is 2.54. The van der Waals surface area contributed by atoms with Crippen molar-refractivity contribution >= 4 is 40.7 Å². The molecule has 0 spiro atoms. The van der Waals surface area contributed by atoms with E-state index >= 15 is 0 Å². The molecule has 1 unspecified atom stereocenters. The van der Waals surface area contributed by atoms with E-state index in [4.69, 9.17) is 4.74 Å². The van der Waals surface area contributed by atoms with Gasteiger partial charge in [0.1, 0.15) is 0 Å². The van der Waals surface area contributed by atoms with Gasteiger partial charge in [-0.2, -0.15) is 0 Å². The second-order valence-corrected chi connectivity index (χ2v) is 6.75. The van der Waals surface area contributed by atoms with Crippen molar-refractivity contribution in [2.24, 2.45) is 5.92 Å². The number of ether oxygens (including phenoxy) is 1. The van der Waals surface area contributed by atoms with Crippen LogP contribution in [-0.2, 0) is 0 Å². The quantitative estimate of drug-likeness (QED) is 0.684. The standard InChI is InChI=1S/C17H27BrN2O2.2ClH/c1-4-12(3)16(20-8-6-19-7-9-20)13-10-14(18)17(21)15(11-13)22-5-2;;/h10-12,16,19,21H,4-9H2,1-3H3;2*1H/t12?,16-;;/m0../s1. The second kappa shape index (κ2) is 11.4. The number of rotatable bonds is 6. The van der Waals surface area contributed by atoms with Crippen LogP contribution in [0.25, 0.3) is 0 Å². The molecule has 1 aromatic rings. The third-order valence-electron chi connectivity index (χ3n) is 4.42. The molecular formula is C17H29BrCl2N2O2. The summed E-state index contributed by atoms with van der Waals surface area (Å²) in [6.07, 6.45) is 1.12. The summed E-state index contributed by atoms with van der Waals surface area (Å²) in [5, 5.41) is 13.6. The van der Waals surface area contributed by atoms with Crippen LogP contribution in [0.4, 0.5) is 0 Å². The molecule has 2 rings (SSSR count). The highest BCUT2D eigenvalue weighted by Gasteiger charge is 2.28. The van der Waals surface area contributed by atoms with Crippen LogP contribution in [-0.4, -0.2) is 42.8 Å². The molecule has 1 aliphatic heterocycles. The summed E-state index contributed by atoms with van der Waals surface area (Å²) in [5.41, 5.74) is 1.21. The highest BCUT2D eigenvalue weighted by Crippen LogP contribution is 2.40. The molecule has 0 radical (unpaired) electrons. The number of hydrogen-bond donors (Lipinski definition) is 2. The van der Waals surface area contributed by atoms with Crippen molar-refractivity contribution in [3.05, 3.63) is 22.2 Å². The van der Waals surface area contributed by atoms with Crippen molar-refractivity contribution in [3.63, 3.8) is 0 Å². The Bertz CT molecular complexity index is 500. The monoisotopic (exact) mass is 442 g/mol. The van der Waals surface area contributed by atoms with Crippen LogP contribution in [0.3, 0.4) is 0 Å². The van der Waals surface area contributed by atoms with Gasteiger partial charge in [0.25, 0.3) is 0 Å². The van der Waals surface area contributed by atoms with Gasteiger partial charge < -0.3 is 15.2 Å². The zero-order chi connectivity index (χ0) is 16.1. The lowest BCUT2D eigenvalue weighted by Gasteiger charge is -2.38. The fraction of sp³-hybridized carbons (Fsp3) is 0.647. The molecule has 0 amide bonds. The minimum absolute atomic E-state index is 0. The number of hydrogen-bond acceptors (Lipinski definition) is 4. The Hall–Kier alpha value is -0.200. The van der Waals surface area contributed by atoms with Gasteiger partial charge in [0.15, 0.2) is 11.5 Å². The van der Waals surface area contributed by atoms with E-state index in [0.717, 1.165) is 32.6 Å². The van der Waals surface area contributed by atoms with E-state index in [0.29, 0.717) is 28.8 Å². The van der Waals surface area contributed by atoms with Gasteiger partial charge in [-0.25, -0.2) is 0 Å². The molecule has 24 heavy (non-hydrogen) atoms. The first-order valence-electron chi connectivity index (χ1n) is 8.18. The topological polar surface area (TPSA) is 44.7 Å². The van der Waals surface area contributed by atoms with Gasteiger partial charge in [0, 0.05) is 32.2 Å². The Labute approximate surface area is 166 Å². The van der Waals surface area contributed by atoms with Crippen molar-refractivity contribution in [1.82, 2.24) is 10.2 Å². The fourth-order valence-corrected chi connectivity index (χ4v) is 3.57. The summed E-state index contributed by atoms with van der Waals surface area (Å²) in [7, 11) is 0. The van der Waals surface area contributed by atoms with Crippen molar-refractivity contribution in [2.75, 3.05) is 32.8 Å². The number of nitrogens with one attached hydrogen (secondary N) is 1. The summed E-state index contributed by atoms with van der Waals surface area (Å²) in [6.45, 7) is 11.2. The summed E-state index contributed by atoms with van der Waals surface area (Å²) < 4.78 is 6.30. The molecule has 1 aromatic carbocycles. The second-order valence-electron chi connectivity index (χ2n) is 5.90. The lowest BCUT2D eigenvalue weighted by Crippen LogP contribution is -2.46. The normalized spacial score (nSPS) is 17.3. The summed E-state index contributed by atoms with van der Waals surface area (Å²) in [5.74, 6) is 1.30. The maximum Gasteiger partial charge on any atom is 0.172 e. The van der Waals surface area contributed by atoms with Gasteiger partial charge in [-0.3, -0.25) is 4.90 Å². The Morgan fingerprint density at radius 1 is 1.25 bits per heavy atom. The molecule has 2 atom stereocenters. The minimum Gasteiger partial charge on any atom is -0.503 e. The molecule has 2 N–H and O–H groups in total. The lowest BCUT2D eigenvalue weighted by atomic mass is 9.90. The molecule has 1 heterocycles. The molecule has 7 heteroatoms. The minimum atomic E-state index is 0. The molecule has 1 fully saturated rings. The van der Waals surface area contributed by atoms with Gasteiger partial charge >= 0.3 is 0 Å². The van der Waals surface area contributed by atoms with E-state index in [-0.39, 0.29) is 30.6 Å². The summed E-state index contributed by atoms with van der Waals surface area (Å²) in [6, 6.07) is 4.39. The smallest absolute Gasteiger partial charge is 0.172 e. The average Bonchev–Trinajstić information content (AvgIpc) is 2.53. The zero-order valence-electron chi connectivity index (χ0n) is 14.5. The maximum absolute atomic E-state index is 10.1. The van der Waals surface area contributed by atoms with Crippen LogP contribution in [0.2, 0.25) is 0 Å². The number of benzene rings is 1. The number of halogens is 3. The van der Waals surface area contributed by atoms with Gasteiger partial charge in [-0.1, -0.05) is 20.3 Å². The number of phenolic OH excluding ortho intramolecular Hbond substituents is 1. The fourth-order valence-electron chi connectivity index (χ4n) is 3.11. The van der Waals surface area contributed by atoms with E-state index < -0.39 is 0 Å². The number of aromatic hydroxyl groups is 1. The molecule has 0 bridgehead atoms. The first-order valence-corrected chi connectivity index (χ1v) is 8.97. The summed E-state index contributed by atoms with van der Waals surface area (Å²) >= 11 is 3.47. The average molecular weight is 444 g/mol. The van der Waals surface area contributed by atoms with E-state index in [2.05, 4.69) is 40.0 Å². The SMILES string of the molecule is CCOc1cc([C@H](C(C)CC)N2CCNCC2)cc(Br)c1O.Cl.Cl. The molecule has 1 saturated heterocycles. The van der Waals surface area contributed by atoms with Crippen LogP contribution < -0.4 is 10.1 Å². The van der Waals surface area contributed by atoms with Gasteiger partial charge in [0.05, 0.1) is 11.1 Å². The van der Waals surface area contributed by atoms with Crippen molar-refractivity contribution < 1.29 is 9.84 Å². The number of piperazine rings is 1. The first-order chi connectivity index (χ1) is 10.6. The molecule has 4 nitrogen and oxygen atoms in total. The van der Waals surface area contributed by atoms with E-state index in [1.165, 1.54) is 5.56 Å². The molecule has 0 aliphatic carbocycles. The third-order valence-corrected chi connectivity index (χ3v) is 5.02. The number of phenols is 1. The lowest BCUT2D eigenvalue weighted by molar-refractivity contribution is 0.128. The van der Waals surface area contributed by atoms with Crippen LogP contribution >= 0.6 is 40.7 Å². The van der Waals surface area contributed by atoms with Crippen molar-refractivity contribution in [1.29, 1.82) is 0 Å². The van der Waals surface area contributed by atoms with Gasteiger partial charge in [0.2, 0.25) is 0 Å².